The minimum absolute atomic E-state index is 0.295. The largest absolute Gasteiger partial charge is 0.244 e. The van der Waals surface area contributed by atoms with Gasteiger partial charge in [0.1, 0.15) is 5.69 Å². The summed E-state index contributed by atoms with van der Waals surface area (Å²) >= 11 is 0. The lowest BCUT2D eigenvalue weighted by Gasteiger charge is -2.06. The molecule has 3 heteroatoms. The van der Waals surface area contributed by atoms with Crippen molar-refractivity contribution in [1.82, 2.24) is 14.8 Å². The highest BCUT2D eigenvalue weighted by molar-refractivity contribution is 5.94. The summed E-state index contributed by atoms with van der Waals surface area (Å²) in [6.45, 7) is 8.45. The first-order valence-electron chi connectivity index (χ1n) is 7.00. The fourth-order valence-corrected chi connectivity index (χ4v) is 2.64. The van der Waals surface area contributed by atoms with E-state index < -0.39 is 0 Å². The molecule has 2 aromatic heterocycles. The third-order valence-corrected chi connectivity index (χ3v) is 3.52. The normalized spacial score (nSPS) is 11.4. The molecule has 0 fully saturated rings. The summed E-state index contributed by atoms with van der Waals surface area (Å²) < 4.78 is 2.03. The van der Waals surface area contributed by atoms with E-state index in [0.29, 0.717) is 6.04 Å². The Labute approximate surface area is 119 Å². The van der Waals surface area contributed by atoms with Crippen LogP contribution in [0.1, 0.15) is 31.1 Å². The topological polar surface area (TPSA) is 30.7 Å². The molecule has 3 nitrogen and oxygen atoms in total. The summed E-state index contributed by atoms with van der Waals surface area (Å²) in [5.74, 6) is 0. The van der Waals surface area contributed by atoms with Gasteiger partial charge in [-0.25, -0.2) is 9.67 Å². The molecule has 0 bridgehead atoms. The monoisotopic (exact) mass is 265 g/mol. The van der Waals surface area contributed by atoms with Gasteiger partial charge in [0.15, 0.2) is 5.65 Å². The molecule has 0 atom stereocenters. The highest BCUT2D eigenvalue weighted by Crippen LogP contribution is 2.31. The summed E-state index contributed by atoms with van der Waals surface area (Å²) in [6.07, 6.45) is 0. The molecular weight excluding hydrogens is 246 g/mol. The first-order valence-corrected chi connectivity index (χ1v) is 7.00. The zero-order valence-corrected chi connectivity index (χ0v) is 12.4. The maximum atomic E-state index is 4.82. The second kappa shape index (κ2) is 4.75. The van der Waals surface area contributed by atoms with Crippen molar-refractivity contribution >= 4 is 11.0 Å². The van der Waals surface area contributed by atoms with Crippen LogP contribution in [0.15, 0.2) is 36.4 Å². The molecule has 3 rings (SSSR count). The van der Waals surface area contributed by atoms with Gasteiger partial charge in [-0.2, -0.15) is 5.10 Å². The van der Waals surface area contributed by atoms with Gasteiger partial charge in [0.2, 0.25) is 0 Å². The molecule has 0 aliphatic heterocycles. The third kappa shape index (κ3) is 1.99. The molecule has 0 saturated heterocycles. The van der Waals surface area contributed by atoms with Crippen LogP contribution < -0.4 is 0 Å². The van der Waals surface area contributed by atoms with Crippen molar-refractivity contribution in [3.8, 4) is 11.3 Å². The zero-order valence-electron chi connectivity index (χ0n) is 12.4. The van der Waals surface area contributed by atoms with Gasteiger partial charge in [0.05, 0.1) is 0 Å². The molecule has 0 saturated carbocycles. The van der Waals surface area contributed by atoms with E-state index in [-0.39, 0.29) is 0 Å². The molecule has 0 spiro atoms. The SMILES string of the molecule is Cc1cc(C)c2c(-c3ccccc3)nn(C(C)C)c2n1. The summed E-state index contributed by atoms with van der Waals surface area (Å²) in [6, 6.07) is 12.8. The van der Waals surface area contributed by atoms with Gasteiger partial charge in [-0.05, 0) is 39.3 Å². The van der Waals surface area contributed by atoms with E-state index in [1.807, 2.05) is 29.8 Å². The molecule has 0 aliphatic carbocycles. The molecule has 0 amide bonds. The van der Waals surface area contributed by atoms with Crippen LogP contribution in [-0.2, 0) is 0 Å². The summed E-state index contributed by atoms with van der Waals surface area (Å²) in [7, 11) is 0. The Hall–Kier alpha value is -2.16. The van der Waals surface area contributed by atoms with Crippen molar-refractivity contribution in [3.63, 3.8) is 0 Å². The van der Waals surface area contributed by atoms with Crippen molar-refractivity contribution in [2.75, 3.05) is 0 Å². The average molecular weight is 265 g/mol. The van der Waals surface area contributed by atoms with E-state index in [2.05, 4.69) is 39.0 Å². The minimum Gasteiger partial charge on any atom is -0.244 e. The van der Waals surface area contributed by atoms with Gasteiger partial charge in [0, 0.05) is 22.7 Å². The third-order valence-electron chi connectivity index (χ3n) is 3.52. The van der Waals surface area contributed by atoms with Crippen LogP contribution in [0.2, 0.25) is 0 Å². The zero-order chi connectivity index (χ0) is 14.3. The van der Waals surface area contributed by atoms with E-state index in [9.17, 15) is 0 Å². The molecular formula is C17H19N3. The number of hydrogen-bond acceptors (Lipinski definition) is 2. The molecule has 20 heavy (non-hydrogen) atoms. The second-order valence-corrected chi connectivity index (χ2v) is 5.53. The highest BCUT2D eigenvalue weighted by atomic mass is 15.3. The standard InChI is InChI=1S/C17H19N3/c1-11(2)20-17-15(12(3)10-13(4)18-17)16(19-20)14-8-6-5-7-9-14/h5-11H,1-4H3. The Morgan fingerprint density at radius 2 is 1.75 bits per heavy atom. The first-order chi connectivity index (χ1) is 9.58. The van der Waals surface area contributed by atoms with Gasteiger partial charge >= 0.3 is 0 Å². The number of hydrogen-bond donors (Lipinski definition) is 0. The summed E-state index contributed by atoms with van der Waals surface area (Å²) in [5, 5.41) is 5.98. The summed E-state index contributed by atoms with van der Waals surface area (Å²) in [4.78, 5) is 4.70. The Morgan fingerprint density at radius 3 is 2.40 bits per heavy atom. The van der Waals surface area contributed by atoms with Gasteiger partial charge in [-0.15, -0.1) is 0 Å². The lowest BCUT2D eigenvalue weighted by molar-refractivity contribution is 0.548. The molecule has 0 radical (unpaired) electrons. The van der Waals surface area contributed by atoms with E-state index in [4.69, 9.17) is 10.1 Å². The number of pyridine rings is 1. The van der Waals surface area contributed by atoms with Crippen LogP contribution in [0.4, 0.5) is 0 Å². The van der Waals surface area contributed by atoms with E-state index in [0.717, 1.165) is 28.0 Å². The Balaban J connectivity index is 2.39. The number of aromatic nitrogens is 3. The predicted octanol–water partition coefficient (Wildman–Crippen LogP) is 4.30. The van der Waals surface area contributed by atoms with E-state index in [1.165, 1.54) is 5.56 Å². The van der Waals surface area contributed by atoms with Crippen molar-refractivity contribution < 1.29 is 0 Å². The van der Waals surface area contributed by atoms with Gasteiger partial charge in [0.25, 0.3) is 0 Å². The van der Waals surface area contributed by atoms with Crippen LogP contribution in [0.25, 0.3) is 22.3 Å². The molecule has 0 aliphatic rings. The molecule has 3 aromatic rings. The van der Waals surface area contributed by atoms with Crippen molar-refractivity contribution in [2.24, 2.45) is 0 Å². The van der Waals surface area contributed by atoms with Crippen molar-refractivity contribution in [1.29, 1.82) is 0 Å². The Morgan fingerprint density at radius 1 is 1.05 bits per heavy atom. The van der Waals surface area contributed by atoms with Gasteiger partial charge in [-0.1, -0.05) is 30.3 Å². The number of rotatable bonds is 2. The highest BCUT2D eigenvalue weighted by Gasteiger charge is 2.17. The lowest BCUT2D eigenvalue weighted by atomic mass is 10.1. The molecule has 102 valence electrons. The van der Waals surface area contributed by atoms with E-state index >= 15 is 0 Å². The predicted molar refractivity (Wildman–Crippen MR) is 82.8 cm³/mol. The van der Waals surface area contributed by atoms with Crippen molar-refractivity contribution in [3.05, 3.63) is 47.7 Å². The number of benzene rings is 1. The Kier molecular flexibility index (Phi) is 3.05. The van der Waals surface area contributed by atoms with Crippen LogP contribution >= 0.6 is 0 Å². The van der Waals surface area contributed by atoms with Crippen LogP contribution in [-0.4, -0.2) is 14.8 Å². The number of fused-ring (bicyclic) bond motifs is 1. The summed E-state index contributed by atoms with van der Waals surface area (Å²) in [5.41, 5.74) is 5.43. The second-order valence-electron chi connectivity index (χ2n) is 5.53. The van der Waals surface area contributed by atoms with Crippen LogP contribution in [0, 0.1) is 13.8 Å². The van der Waals surface area contributed by atoms with Gasteiger partial charge in [-0.3, -0.25) is 0 Å². The molecule has 0 unspecified atom stereocenters. The fourth-order valence-electron chi connectivity index (χ4n) is 2.64. The van der Waals surface area contributed by atoms with Crippen molar-refractivity contribution in [2.45, 2.75) is 33.7 Å². The smallest absolute Gasteiger partial charge is 0.159 e. The molecule has 1 aromatic carbocycles. The fraction of sp³-hybridized carbons (Fsp3) is 0.294. The van der Waals surface area contributed by atoms with Crippen LogP contribution in [0.3, 0.4) is 0 Å². The Bertz CT molecular complexity index is 755. The van der Waals surface area contributed by atoms with Crippen LogP contribution in [0.5, 0.6) is 0 Å². The number of aryl methyl sites for hydroxylation is 2. The maximum absolute atomic E-state index is 4.82. The van der Waals surface area contributed by atoms with E-state index in [1.54, 1.807) is 0 Å². The lowest BCUT2D eigenvalue weighted by Crippen LogP contribution is -2.04. The van der Waals surface area contributed by atoms with Gasteiger partial charge < -0.3 is 0 Å². The first kappa shape index (κ1) is 12.9. The quantitative estimate of drug-likeness (QED) is 0.691. The number of nitrogens with zero attached hydrogens (tertiary/aromatic N) is 3. The molecule has 0 N–H and O–H groups in total. The molecule has 2 heterocycles. The average Bonchev–Trinajstić information content (AvgIpc) is 2.79. The maximum Gasteiger partial charge on any atom is 0.159 e. The minimum atomic E-state index is 0.295.